The first kappa shape index (κ1) is 35.2. The number of alkyl halides is 2. The summed E-state index contributed by atoms with van der Waals surface area (Å²) in [5.41, 5.74) is 1.92. The number of allylic oxidation sites excluding steroid dienone is 2. The van der Waals surface area contributed by atoms with Crippen molar-refractivity contribution in [3.05, 3.63) is 71.0 Å². The maximum absolute atomic E-state index is 14.0. The lowest BCUT2D eigenvalue weighted by molar-refractivity contribution is -0.120. The van der Waals surface area contributed by atoms with Crippen molar-refractivity contribution in [1.29, 1.82) is 0 Å². The summed E-state index contributed by atoms with van der Waals surface area (Å²) in [7, 11) is -3.95. The Morgan fingerprint density at radius 3 is 2.47 bits per heavy atom. The van der Waals surface area contributed by atoms with Crippen molar-refractivity contribution < 1.29 is 26.8 Å². The fourth-order valence-electron chi connectivity index (χ4n) is 6.46. The summed E-state index contributed by atoms with van der Waals surface area (Å²) >= 11 is 13.0. The lowest BCUT2D eigenvalue weighted by Gasteiger charge is -2.36. The lowest BCUT2D eigenvalue weighted by Crippen LogP contribution is -2.49. The number of aliphatic imine (C=N–C) groups is 1. The van der Waals surface area contributed by atoms with Crippen molar-refractivity contribution in [2.45, 2.75) is 43.8 Å². The van der Waals surface area contributed by atoms with E-state index in [0.29, 0.717) is 61.7 Å². The number of aromatic nitrogens is 2. The minimum Gasteiger partial charge on any atom is -0.354 e. The molecule has 49 heavy (non-hydrogen) atoms. The Bertz CT molecular complexity index is 1990. The summed E-state index contributed by atoms with van der Waals surface area (Å²) < 4.78 is 55.2. The van der Waals surface area contributed by atoms with E-state index in [2.05, 4.69) is 21.9 Å². The Labute approximate surface area is 293 Å². The number of amides is 2. The fourth-order valence-corrected chi connectivity index (χ4v) is 9.15. The van der Waals surface area contributed by atoms with Gasteiger partial charge in [-0.1, -0.05) is 29.3 Å². The van der Waals surface area contributed by atoms with E-state index in [4.69, 9.17) is 23.2 Å². The molecule has 1 N–H and O–H groups in total. The van der Waals surface area contributed by atoms with E-state index < -0.39 is 38.4 Å². The smallest absolute Gasteiger partial charge is 0.257 e. The Hall–Kier alpha value is -3.65. The minimum atomic E-state index is -3.95. The molecule has 2 amide bonds. The second-order valence-electron chi connectivity index (χ2n) is 13.0. The van der Waals surface area contributed by atoms with Crippen LogP contribution in [0, 0.1) is 5.92 Å². The molecule has 260 valence electrons. The summed E-state index contributed by atoms with van der Waals surface area (Å²) in [4.78, 5) is 38.7. The fraction of sp³-hybridized carbons (Fsp3) is 0.412. The van der Waals surface area contributed by atoms with E-state index in [-0.39, 0.29) is 46.0 Å². The molecule has 1 saturated heterocycles. The largest absolute Gasteiger partial charge is 0.354 e. The third kappa shape index (κ3) is 7.03. The molecule has 1 saturated carbocycles. The topological polar surface area (TPSA) is 117 Å². The number of piperazine rings is 1. The van der Waals surface area contributed by atoms with Crippen LogP contribution in [0.3, 0.4) is 0 Å². The van der Waals surface area contributed by atoms with Gasteiger partial charge >= 0.3 is 0 Å². The molecule has 1 unspecified atom stereocenters. The van der Waals surface area contributed by atoms with Gasteiger partial charge in [0.1, 0.15) is 5.82 Å². The number of benzene rings is 1. The number of carbonyl (C=O) groups excluding carboxylic acids is 2. The molecule has 6 rings (SSSR count). The van der Waals surface area contributed by atoms with Crippen LogP contribution in [-0.2, 0) is 14.8 Å². The van der Waals surface area contributed by atoms with Gasteiger partial charge in [-0.3, -0.25) is 14.5 Å². The van der Waals surface area contributed by atoms with Crippen molar-refractivity contribution in [3.8, 4) is 11.1 Å². The van der Waals surface area contributed by atoms with E-state index in [0.717, 1.165) is 10.9 Å². The highest BCUT2D eigenvalue weighted by molar-refractivity contribution is 7.91. The third-order valence-corrected chi connectivity index (χ3v) is 12.4. The predicted molar refractivity (Wildman–Crippen MR) is 188 cm³/mol. The first-order valence-corrected chi connectivity index (χ1v) is 18.1. The van der Waals surface area contributed by atoms with Gasteiger partial charge in [0, 0.05) is 73.7 Å². The second-order valence-corrected chi connectivity index (χ2v) is 16.0. The number of halogens is 4. The van der Waals surface area contributed by atoms with Crippen molar-refractivity contribution in [1.82, 2.24) is 19.2 Å². The lowest BCUT2D eigenvalue weighted by atomic mass is 10.00. The van der Waals surface area contributed by atoms with Crippen molar-refractivity contribution in [2.75, 3.05) is 44.2 Å². The van der Waals surface area contributed by atoms with Gasteiger partial charge in [0.15, 0.2) is 0 Å². The molecule has 1 aromatic carbocycles. The van der Waals surface area contributed by atoms with Gasteiger partial charge in [0.25, 0.3) is 17.7 Å². The number of hydrogen-bond acceptors (Lipinski definition) is 7. The highest BCUT2D eigenvalue weighted by Gasteiger charge is 2.54. The van der Waals surface area contributed by atoms with Crippen LogP contribution in [0.4, 0.5) is 14.6 Å². The molecule has 2 aliphatic heterocycles. The number of nitrogens with zero attached hydrogens (tertiary/aromatic N) is 5. The van der Waals surface area contributed by atoms with Crippen molar-refractivity contribution in [2.24, 2.45) is 10.9 Å². The Morgan fingerprint density at radius 2 is 1.88 bits per heavy atom. The van der Waals surface area contributed by atoms with Gasteiger partial charge in [0.2, 0.25) is 10.0 Å². The number of nitrogens with one attached hydrogen (secondary N) is 1. The first-order valence-electron chi connectivity index (χ1n) is 15.9. The predicted octanol–water partition coefficient (Wildman–Crippen LogP) is 5.89. The number of rotatable bonds is 11. The van der Waals surface area contributed by atoms with Gasteiger partial charge in [-0.25, -0.2) is 31.1 Å². The first-order chi connectivity index (χ1) is 23.1. The number of hydrogen-bond donors (Lipinski definition) is 1. The van der Waals surface area contributed by atoms with E-state index >= 15 is 0 Å². The zero-order chi connectivity index (χ0) is 35.3. The summed E-state index contributed by atoms with van der Waals surface area (Å²) in [6.45, 7) is 7.89. The quantitative estimate of drug-likeness (QED) is 0.245. The molecule has 1 atom stereocenters. The average Bonchev–Trinajstić information content (AvgIpc) is 3.76. The highest BCUT2D eigenvalue weighted by Crippen LogP contribution is 2.49. The van der Waals surface area contributed by atoms with Crippen LogP contribution < -0.4 is 10.2 Å². The number of pyridine rings is 1. The number of dihydropyridines is 1. The van der Waals surface area contributed by atoms with Crippen LogP contribution >= 0.6 is 23.2 Å². The van der Waals surface area contributed by atoms with Gasteiger partial charge in [-0.15, -0.1) is 6.58 Å². The molecule has 4 heterocycles. The molecular weight excluding hydrogens is 697 g/mol. The number of anilines is 1. The maximum atomic E-state index is 14.0. The summed E-state index contributed by atoms with van der Waals surface area (Å²) in [6, 6.07) is 6.90. The van der Waals surface area contributed by atoms with Gasteiger partial charge in [-0.05, 0) is 62.1 Å². The van der Waals surface area contributed by atoms with Crippen LogP contribution in [0.15, 0.2) is 65.4 Å². The summed E-state index contributed by atoms with van der Waals surface area (Å²) in [6.07, 6.45) is 7.31. The van der Waals surface area contributed by atoms with E-state index in [9.17, 15) is 26.8 Å². The van der Waals surface area contributed by atoms with E-state index in [1.807, 2.05) is 11.0 Å². The molecule has 0 radical (unpaired) electrons. The van der Waals surface area contributed by atoms with Crippen LogP contribution in [0.25, 0.3) is 22.0 Å². The average molecular weight is 734 g/mol. The van der Waals surface area contributed by atoms with Crippen LogP contribution in [0.1, 0.15) is 43.5 Å². The molecule has 2 aromatic heterocycles. The maximum Gasteiger partial charge on any atom is 0.257 e. The molecule has 3 aliphatic rings. The van der Waals surface area contributed by atoms with Gasteiger partial charge in [-0.2, -0.15) is 0 Å². The van der Waals surface area contributed by atoms with Crippen molar-refractivity contribution in [3.63, 3.8) is 0 Å². The standard InChI is InChI=1S/C34H36Cl2F2N6O4S/c1-4-7-34(8-9-34)49(47,48)44-19-27(36)30-24(31(45)40-18-25-26(35)14-21(2)41-32(25)46)15-23(16-28(30)44)22-5-6-29(39-17-22)43-12-10-42(11-13-43)20-33(3,37)38/h4-6,14-17,19,25H,1,7-13,18,20H2,2-3H3,(H,40,45). The van der Waals surface area contributed by atoms with Crippen LogP contribution in [-0.4, -0.2) is 89.7 Å². The monoisotopic (exact) mass is 732 g/mol. The van der Waals surface area contributed by atoms with Crippen molar-refractivity contribution >= 4 is 67.5 Å². The van der Waals surface area contributed by atoms with Crippen LogP contribution in [0.5, 0.6) is 0 Å². The van der Waals surface area contributed by atoms with Crippen LogP contribution in [0.2, 0.25) is 5.02 Å². The highest BCUT2D eigenvalue weighted by atomic mass is 35.5. The van der Waals surface area contributed by atoms with Gasteiger partial charge < -0.3 is 10.2 Å². The molecular formula is C34H36Cl2F2N6O4S. The number of carbonyl (C=O) groups is 2. The Morgan fingerprint density at radius 1 is 1.16 bits per heavy atom. The summed E-state index contributed by atoms with van der Waals surface area (Å²) in [5, 5.41) is 3.33. The Balaban J connectivity index is 1.35. The van der Waals surface area contributed by atoms with Gasteiger partial charge in [0.05, 0.1) is 33.3 Å². The normalized spacial score (nSPS) is 19.8. The molecule has 0 spiro atoms. The van der Waals surface area contributed by atoms with E-state index in [1.54, 1.807) is 48.4 Å². The van der Waals surface area contributed by atoms with E-state index in [1.165, 1.54) is 6.20 Å². The molecule has 1 aliphatic carbocycles. The SMILES string of the molecule is C=CCC1(S(=O)(=O)n2cc(Cl)c3c(C(=O)NCC4C(=O)N=C(C)C=C4Cl)cc(-c4ccc(N5CCN(CC(C)(F)F)CC5)nc4)cc32)CC1. The molecule has 15 heteroatoms. The third-order valence-electron chi connectivity index (χ3n) is 9.21. The molecule has 3 aromatic rings. The zero-order valence-corrected chi connectivity index (χ0v) is 29.4. The number of fused-ring (bicyclic) bond motifs is 1. The Kier molecular flexibility index (Phi) is 9.50. The molecule has 2 fully saturated rings. The molecule has 0 bridgehead atoms. The zero-order valence-electron chi connectivity index (χ0n) is 27.1. The second kappa shape index (κ2) is 13.2. The minimum absolute atomic E-state index is 0.0741. The molecule has 10 nitrogen and oxygen atoms in total. The summed E-state index contributed by atoms with van der Waals surface area (Å²) in [5.74, 6) is -4.02.